The lowest BCUT2D eigenvalue weighted by Crippen LogP contribution is -2.26. The summed E-state index contributed by atoms with van der Waals surface area (Å²) >= 11 is 3.37. The second-order valence-corrected chi connectivity index (χ2v) is 5.05. The Morgan fingerprint density at radius 2 is 2.33 bits per heavy atom. The lowest BCUT2D eigenvalue weighted by atomic mass is 10.1. The molecule has 0 N–H and O–H groups in total. The molecule has 0 bridgehead atoms. The van der Waals surface area contributed by atoms with Crippen molar-refractivity contribution in [2.45, 2.75) is 13.3 Å². The molecule has 1 heterocycles. The topological polar surface area (TPSA) is 46.6 Å². The Balaban J connectivity index is 2.12. The molecular weight excluding hydrogens is 298 g/mol. The lowest BCUT2D eigenvalue weighted by Gasteiger charge is -2.16. The van der Waals surface area contributed by atoms with Crippen LogP contribution in [0.2, 0.25) is 0 Å². The third kappa shape index (κ3) is 2.72. The summed E-state index contributed by atoms with van der Waals surface area (Å²) in [4.78, 5) is 25.2. The third-order valence-corrected chi connectivity index (χ3v) is 3.36. The number of carbonyl (C=O) groups is 2. The molecule has 1 atom stereocenters. The zero-order valence-corrected chi connectivity index (χ0v) is 11.6. The Kier molecular flexibility index (Phi) is 4.01. The van der Waals surface area contributed by atoms with Gasteiger partial charge in [-0.3, -0.25) is 9.59 Å². The van der Waals surface area contributed by atoms with E-state index in [1.54, 1.807) is 11.8 Å². The van der Waals surface area contributed by atoms with Crippen LogP contribution in [-0.4, -0.2) is 25.0 Å². The van der Waals surface area contributed by atoms with Crippen LogP contribution in [0.15, 0.2) is 28.7 Å². The summed E-state index contributed by atoms with van der Waals surface area (Å²) < 4.78 is 5.86. The number of halogens is 1. The van der Waals surface area contributed by atoms with E-state index in [0.29, 0.717) is 13.2 Å². The summed E-state index contributed by atoms with van der Waals surface area (Å²) in [5.74, 6) is -0.675. The predicted octanol–water partition coefficient (Wildman–Crippen LogP) is 2.37. The number of nitrogens with zero attached hydrogens (tertiary/aromatic N) is 1. The maximum Gasteiger partial charge on any atom is 0.311 e. The number of carbonyl (C=O) groups excluding carboxylic acids is 2. The van der Waals surface area contributed by atoms with Gasteiger partial charge in [-0.25, -0.2) is 0 Å². The summed E-state index contributed by atoms with van der Waals surface area (Å²) in [7, 11) is 0. The smallest absolute Gasteiger partial charge is 0.311 e. The van der Waals surface area contributed by atoms with E-state index in [2.05, 4.69) is 15.9 Å². The largest absolute Gasteiger partial charge is 0.466 e. The highest BCUT2D eigenvalue weighted by Crippen LogP contribution is 2.27. The molecule has 1 amide bonds. The second-order valence-electron chi connectivity index (χ2n) is 4.14. The van der Waals surface area contributed by atoms with Gasteiger partial charge in [0, 0.05) is 23.1 Å². The fourth-order valence-electron chi connectivity index (χ4n) is 2.02. The van der Waals surface area contributed by atoms with Gasteiger partial charge in [0.05, 0.1) is 12.5 Å². The van der Waals surface area contributed by atoms with Crippen molar-refractivity contribution >= 4 is 33.5 Å². The van der Waals surface area contributed by atoms with Gasteiger partial charge in [-0.1, -0.05) is 22.0 Å². The Morgan fingerprint density at radius 3 is 3.00 bits per heavy atom. The number of amides is 1. The monoisotopic (exact) mass is 311 g/mol. The molecule has 4 nitrogen and oxygen atoms in total. The molecule has 0 aliphatic carbocycles. The van der Waals surface area contributed by atoms with E-state index in [9.17, 15) is 9.59 Å². The molecule has 2 rings (SSSR count). The fraction of sp³-hybridized carbons (Fsp3) is 0.385. The number of anilines is 1. The van der Waals surface area contributed by atoms with Crippen molar-refractivity contribution in [3.63, 3.8) is 0 Å². The summed E-state index contributed by atoms with van der Waals surface area (Å²) in [5.41, 5.74) is 0.807. The van der Waals surface area contributed by atoms with Crippen LogP contribution in [0.25, 0.3) is 0 Å². The molecule has 18 heavy (non-hydrogen) atoms. The van der Waals surface area contributed by atoms with Gasteiger partial charge in [-0.2, -0.15) is 0 Å². The van der Waals surface area contributed by atoms with Crippen LogP contribution in [0.4, 0.5) is 5.69 Å². The molecule has 1 aromatic rings. The quantitative estimate of drug-likeness (QED) is 0.805. The molecule has 1 aromatic carbocycles. The van der Waals surface area contributed by atoms with Crippen molar-refractivity contribution in [2.24, 2.45) is 5.92 Å². The zero-order chi connectivity index (χ0) is 13.1. The van der Waals surface area contributed by atoms with Gasteiger partial charge in [-0.15, -0.1) is 0 Å². The van der Waals surface area contributed by atoms with Crippen LogP contribution in [-0.2, 0) is 14.3 Å². The van der Waals surface area contributed by atoms with Gasteiger partial charge in [-0.05, 0) is 25.1 Å². The molecule has 0 aromatic heterocycles. The predicted molar refractivity (Wildman–Crippen MR) is 71.2 cm³/mol. The van der Waals surface area contributed by atoms with Gasteiger partial charge in [0.1, 0.15) is 0 Å². The molecule has 0 radical (unpaired) electrons. The van der Waals surface area contributed by atoms with E-state index >= 15 is 0 Å². The normalized spacial score (nSPS) is 19.1. The highest BCUT2D eigenvalue weighted by molar-refractivity contribution is 9.10. The van der Waals surface area contributed by atoms with Crippen LogP contribution in [0.1, 0.15) is 13.3 Å². The Labute approximate surface area is 114 Å². The molecule has 5 heteroatoms. The van der Waals surface area contributed by atoms with E-state index < -0.39 is 0 Å². The molecule has 1 aliphatic heterocycles. The summed E-state index contributed by atoms with van der Waals surface area (Å²) in [5, 5.41) is 0. The molecule has 1 aliphatic rings. The number of hydrogen-bond donors (Lipinski definition) is 0. The maximum atomic E-state index is 11.9. The minimum absolute atomic E-state index is 0.0360. The molecule has 0 saturated carbocycles. The highest BCUT2D eigenvalue weighted by Gasteiger charge is 2.35. The van der Waals surface area contributed by atoms with Crippen molar-refractivity contribution in [3.05, 3.63) is 28.7 Å². The standard InChI is InChI=1S/C13H14BrNO3/c1-2-18-13(17)9-6-12(16)15(8-9)11-5-3-4-10(14)7-11/h3-5,7,9H,2,6,8H2,1H3. The average molecular weight is 312 g/mol. The summed E-state index contributed by atoms with van der Waals surface area (Å²) in [6, 6.07) is 7.49. The van der Waals surface area contributed by atoms with Gasteiger partial charge in [0.25, 0.3) is 0 Å². The minimum Gasteiger partial charge on any atom is -0.466 e. The Hall–Kier alpha value is -1.36. The van der Waals surface area contributed by atoms with E-state index in [1.165, 1.54) is 0 Å². The molecule has 1 saturated heterocycles. The second kappa shape index (κ2) is 5.52. The van der Waals surface area contributed by atoms with Gasteiger partial charge < -0.3 is 9.64 Å². The minimum atomic E-state index is -0.351. The first-order valence-corrected chi connectivity index (χ1v) is 6.63. The van der Waals surface area contributed by atoms with E-state index in [0.717, 1.165) is 10.2 Å². The van der Waals surface area contributed by atoms with Crippen molar-refractivity contribution < 1.29 is 14.3 Å². The number of hydrogen-bond acceptors (Lipinski definition) is 3. The number of rotatable bonds is 3. The number of ether oxygens (including phenoxy) is 1. The Morgan fingerprint density at radius 1 is 1.56 bits per heavy atom. The first-order chi connectivity index (χ1) is 8.61. The van der Waals surface area contributed by atoms with Crippen LogP contribution < -0.4 is 4.90 Å². The van der Waals surface area contributed by atoms with Gasteiger partial charge in [0.15, 0.2) is 0 Å². The van der Waals surface area contributed by atoms with Crippen LogP contribution in [0, 0.1) is 5.92 Å². The van der Waals surface area contributed by atoms with E-state index in [4.69, 9.17) is 4.74 Å². The van der Waals surface area contributed by atoms with Crippen LogP contribution in [0.5, 0.6) is 0 Å². The van der Waals surface area contributed by atoms with Crippen LogP contribution >= 0.6 is 15.9 Å². The van der Waals surface area contributed by atoms with E-state index in [1.807, 2.05) is 24.3 Å². The van der Waals surface area contributed by atoms with Crippen molar-refractivity contribution in [1.29, 1.82) is 0 Å². The number of esters is 1. The SMILES string of the molecule is CCOC(=O)C1CC(=O)N(c2cccc(Br)c2)C1. The van der Waals surface area contributed by atoms with Crippen LogP contribution in [0.3, 0.4) is 0 Å². The fourth-order valence-corrected chi connectivity index (χ4v) is 2.41. The molecule has 1 unspecified atom stereocenters. The average Bonchev–Trinajstić information content (AvgIpc) is 2.72. The van der Waals surface area contributed by atoms with Gasteiger partial charge >= 0.3 is 5.97 Å². The summed E-state index contributed by atoms with van der Waals surface area (Å²) in [6.07, 6.45) is 0.228. The lowest BCUT2D eigenvalue weighted by molar-refractivity contribution is -0.147. The Bertz CT molecular complexity index is 475. The maximum absolute atomic E-state index is 11.9. The third-order valence-electron chi connectivity index (χ3n) is 2.86. The summed E-state index contributed by atoms with van der Waals surface area (Å²) in [6.45, 7) is 2.51. The highest BCUT2D eigenvalue weighted by atomic mass is 79.9. The first-order valence-electron chi connectivity index (χ1n) is 5.84. The number of benzene rings is 1. The molecule has 96 valence electrons. The zero-order valence-electron chi connectivity index (χ0n) is 10.1. The van der Waals surface area contributed by atoms with Crippen molar-refractivity contribution in [3.8, 4) is 0 Å². The first kappa shape index (κ1) is 13.1. The van der Waals surface area contributed by atoms with Crippen molar-refractivity contribution in [2.75, 3.05) is 18.1 Å². The molecule has 1 fully saturated rings. The van der Waals surface area contributed by atoms with Crippen molar-refractivity contribution in [1.82, 2.24) is 0 Å². The molecule has 0 spiro atoms. The van der Waals surface area contributed by atoms with Gasteiger partial charge in [0.2, 0.25) is 5.91 Å². The molecular formula is C13H14BrNO3. The van der Waals surface area contributed by atoms with E-state index in [-0.39, 0.29) is 24.2 Å².